The molecule has 6 nitrogen and oxygen atoms in total. The van der Waals surface area contributed by atoms with Gasteiger partial charge in [0.15, 0.2) is 5.82 Å². The zero-order valence-electron chi connectivity index (χ0n) is 12.8. The van der Waals surface area contributed by atoms with E-state index in [-0.39, 0.29) is 34.8 Å². The molecular formula is C15H13F4N5O. The van der Waals surface area contributed by atoms with Crippen LogP contribution in [0.4, 0.5) is 23.2 Å². The second kappa shape index (κ2) is 6.19. The molecule has 0 aliphatic heterocycles. The molecule has 3 aromatic rings. The van der Waals surface area contributed by atoms with Crippen LogP contribution in [0, 0.1) is 5.82 Å². The molecule has 0 atom stereocenters. The molecule has 0 amide bonds. The van der Waals surface area contributed by atoms with Crippen LogP contribution in [-0.4, -0.2) is 25.7 Å². The van der Waals surface area contributed by atoms with Crippen LogP contribution >= 0.6 is 0 Å². The average Bonchev–Trinajstić information content (AvgIpc) is 2.95. The number of aromatic nitrogens is 4. The highest BCUT2D eigenvalue weighted by Crippen LogP contribution is 2.25. The maximum absolute atomic E-state index is 13.9. The van der Waals surface area contributed by atoms with Gasteiger partial charge in [0.1, 0.15) is 11.3 Å². The third-order valence-electron chi connectivity index (χ3n) is 3.62. The quantitative estimate of drug-likeness (QED) is 0.703. The van der Waals surface area contributed by atoms with Crippen molar-refractivity contribution in [2.24, 2.45) is 0 Å². The van der Waals surface area contributed by atoms with Crippen LogP contribution in [0.5, 0.6) is 0 Å². The highest BCUT2D eigenvalue weighted by atomic mass is 19.4. The smallest absolute Gasteiger partial charge is 0.389 e. The van der Waals surface area contributed by atoms with E-state index >= 15 is 0 Å². The van der Waals surface area contributed by atoms with Crippen molar-refractivity contribution in [2.45, 2.75) is 25.6 Å². The molecule has 0 aliphatic rings. The van der Waals surface area contributed by atoms with Crippen molar-refractivity contribution in [2.75, 3.05) is 5.73 Å². The Balaban J connectivity index is 1.97. The summed E-state index contributed by atoms with van der Waals surface area (Å²) in [5.41, 5.74) is 5.18. The fourth-order valence-corrected chi connectivity index (χ4v) is 2.43. The molecule has 25 heavy (non-hydrogen) atoms. The summed E-state index contributed by atoms with van der Waals surface area (Å²) in [5.74, 6) is -0.545. The van der Waals surface area contributed by atoms with E-state index < -0.39 is 30.4 Å². The fourth-order valence-electron chi connectivity index (χ4n) is 2.43. The number of fused-ring (bicyclic) bond motifs is 1. The third kappa shape index (κ3) is 3.62. The molecule has 0 bridgehead atoms. The van der Waals surface area contributed by atoms with Gasteiger partial charge in [-0.2, -0.15) is 13.2 Å². The van der Waals surface area contributed by atoms with Crippen LogP contribution in [0.3, 0.4) is 0 Å². The average molecular weight is 355 g/mol. The molecule has 3 aromatic heterocycles. The number of anilines is 1. The predicted octanol–water partition coefficient (Wildman–Crippen LogP) is 2.38. The molecule has 0 saturated heterocycles. The van der Waals surface area contributed by atoms with Gasteiger partial charge in [-0.1, -0.05) is 0 Å². The van der Waals surface area contributed by atoms with Gasteiger partial charge in [-0.05, 0) is 12.1 Å². The molecule has 3 heterocycles. The number of nitrogen functional groups attached to an aromatic ring is 1. The highest BCUT2D eigenvalue weighted by molar-refractivity contribution is 5.77. The molecule has 3 N–H and O–H groups in total. The van der Waals surface area contributed by atoms with E-state index in [9.17, 15) is 22.4 Å². The first kappa shape index (κ1) is 16.9. The number of imidazole rings is 1. The minimum Gasteiger partial charge on any atom is -0.394 e. The van der Waals surface area contributed by atoms with E-state index in [1.165, 1.54) is 16.8 Å². The molecule has 0 spiro atoms. The number of aryl methyl sites for hydroxylation is 1. The summed E-state index contributed by atoms with van der Waals surface area (Å²) in [4.78, 5) is 22.4. The zero-order chi connectivity index (χ0) is 18.2. The maximum Gasteiger partial charge on any atom is 0.389 e. The summed E-state index contributed by atoms with van der Waals surface area (Å²) in [7, 11) is 0. The van der Waals surface area contributed by atoms with Crippen LogP contribution in [0.2, 0.25) is 0 Å². The first-order valence-corrected chi connectivity index (χ1v) is 7.28. The van der Waals surface area contributed by atoms with Crippen molar-refractivity contribution in [3.63, 3.8) is 0 Å². The van der Waals surface area contributed by atoms with Crippen LogP contribution in [-0.2, 0) is 13.0 Å². The Morgan fingerprint density at radius 2 is 2.08 bits per heavy atom. The molecule has 0 aromatic carbocycles. The highest BCUT2D eigenvalue weighted by Gasteiger charge is 2.27. The molecule has 132 valence electrons. The van der Waals surface area contributed by atoms with Gasteiger partial charge in [0.2, 0.25) is 0 Å². The van der Waals surface area contributed by atoms with Crippen LogP contribution in [0.15, 0.2) is 29.3 Å². The monoisotopic (exact) mass is 355 g/mol. The van der Waals surface area contributed by atoms with E-state index in [0.717, 1.165) is 6.20 Å². The van der Waals surface area contributed by atoms with E-state index in [1.807, 2.05) is 0 Å². The second-order valence-electron chi connectivity index (χ2n) is 5.47. The van der Waals surface area contributed by atoms with Crippen LogP contribution in [0.25, 0.3) is 11.0 Å². The first-order chi connectivity index (χ1) is 11.7. The van der Waals surface area contributed by atoms with E-state index in [2.05, 4.69) is 15.0 Å². The molecule has 10 heteroatoms. The lowest BCUT2D eigenvalue weighted by Crippen LogP contribution is -2.22. The van der Waals surface area contributed by atoms with Crippen molar-refractivity contribution in [3.05, 3.63) is 52.2 Å². The van der Waals surface area contributed by atoms with Gasteiger partial charge >= 0.3 is 6.18 Å². The summed E-state index contributed by atoms with van der Waals surface area (Å²) < 4.78 is 52.4. The normalized spacial score (nSPS) is 12.0. The summed E-state index contributed by atoms with van der Waals surface area (Å²) in [6, 6.07) is 3.01. The number of rotatable bonds is 4. The number of nitrogens with two attached hydrogens (primary N) is 1. The Bertz CT molecular complexity index is 976. The topological polar surface area (TPSA) is 89.6 Å². The Morgan fingerprint density at radius 3 is 2.80 bits per heavy atom. The van der Waals surface area contributed by atoms with Gasteiger partial charge in [0, 0.05) is 19.0 Å². The number of aromatic amines is 1. The third-order valence-corrected chi connectivity index (χ3v) is 3.62. The van der Waals surface area contributed by atoms with Crippen LogP contribution in [0.1, 0.15) is 17.9 Å². The van der Waals surface area contributed by atoms with Gasteiger partial charge in [0.25, 0.3) is 5.56 Å². The number of H-pyrrole nitrogens is 1. The number of nitrogens with zero attached hydrogens (tertiary/aromatic N) is 3. The Labute approximate surface area is 138 Å². The summed E-state index contributed by atoms with van der Waals surface area (Å²) in [6.45, 7) is -0.0310. The number of halogens is 4. The molecule has 0 fully saturated rings. The van der Waals surface area contributed by atoms with E-state index in [4.69, 9.17) is 5.73 Å². The lowest BCUT2D eigenvalue weighted by Gasteiger charge is -2.06. The Morgan fingerprint density at radius 1 is 1.32 bits per heavy atom. The maximum atomic E-state index is 13.9. The van der Waals surface area contributed by atoms with Gasteiger partial charge in [-0.15, -0.1) is 0 Å². The summed E-state index contributed by atoms with van der Waals surface area (Å²) >= 11 is 0. The van der Waals surface area contributed by atoms with Gasteiger partial charge < -0.3 is 15.3 Å². The Hall–Kier alpha value is -2.91. The predicted molar refractivity (Wildman–Crippen MR) is 82.4 cm³/mol. The molecule has 0 radical (unpaired) electrons. The summed E-state index contributed by atoms with van der Waals surface area (Å²) in [6.07, 6.45) is -3.51. The molecule has 0 saturated carbocycles. The molecule has 0 unspecified atom stereocenters. The van der Waals surface area contributed by atoms with Gasteiger partial charge in [-0.3, -0.25) is 9.78 Å². The van der Waals surface area contributed by atoms with Crippen molar-refractivity contribution in [1.82, 2.24) is 19.5 Å². The minimum atomic E-state index is -4.35. The zero-order valence-corrected chi connectivity index (χ0v) is 12.8. The molecular weight excluding hydrogens is 342 g/mol. The molecule has 3 rings (SSSR count). The largest absolute Gasteiger partial charge is 0.394 e. The van der Waals surface area contributed by atoms with Crippen molar-refractivity contribution >= 4 is 16.7 Å². The lowest BCUT2D eigenvalue weighted by atomic mass is 10.2. The van der Waals surface area contributed by atoms with Crippen molar-refractivity contribution < 1.29 is 17.6 Å². The number of hydrogen-bond donors (Lipinski definition) is 2. The number of alkyl halides is 3. The SMILES string of the molecule is Nc1cccn(Cc2nc3c(F)cnc(CCC(F)(F)F)c3[nH]2)c1=O. The van der Waals surface area contributed by atoms with E-state index in [1.54, 1.807) is 6.07 Å². The van der Waals surface area contributed by atoms with Crippen molar-refractivity contribution in [1.29, 1.82) is 0 Å². The fraction of sp³-hybridized carbons (Fsp3) is 0.267. The second-order valence-corrected chi connectivity index (χ2v) is 5.47. The Kier molecular flexibility index (Phi) is 4.19. The van der Waals surface area contributed by atoms with E-state index in [0.29, 0.717) is 0 Å². The number of nitrogens with one attached hydrogen (secondary N) is 1. The van der Waals surface area contributed by atoms with Gasteiger partial charge in [-0.25, -0.2) is 9.37 Å². The van der Waals surface area contributed by atoms with Gasteiger partial charge in [0.05, 0.1) is 29.6 Å². The number of hydrogen-bond acceptors (Lipinski definition) is 4. The van der Waals surface area contributed by atoms with Crippen molar-refractivity contribution in [3.8, 4) is 0 Å². The number of pyridine rings is 2. The minimum absolute atomic E-state index is 0.0310. The first-order valence-electron chi connectivity index (χ1n) is 7.28. The molecule has 0 aliphatic carbocycles. The lowest BCUT2D eigenvalue weighted by molar-refractivity contribution is -0.134. The standard InChI is InChI=1S/C15H13F4N5O/c16-8-6-21-10(3-4-15(17,18)19)13-12(8)22-11(23-13)7-24-5-1-2-9(20)14(24)25/h1-2,5-6H,3-4,7,20H2,(H,22,23). The van der Waals surface area contributed by atoms with Crippen LogP contribution < -0.4 is 11.3 Å². The summed E-state index contributed by atoms with van der Waals surface area (Å²) in [5, 5.41) is 0.